The fourth-order valence-corrected chi connectivity index (χ4v) is 1.04. The summed E-state index contributed by atoms with van der Waals surface area (Å²) < 4.78 is 12.5. The monoisotopic (exact) mass is 193 g/mol. The molecule has 1 aromatic carbocycles. The number of amides is 1. The maximum absolute atomic E-state index is 12.5. The molecule has 2 nitrogen and oxygen atoms in total. The number of carbonyl (C=O) groups is 1. The molecule has 0 aliphatic heterocycles. The molecule has 0 saturated heterocycles. The van der Waals surface area contributed by atoms with Gasteiger partial charge >= 0.3 is 0 Å². The van der Waals surface area contributed by atoms with Gasteiger partial charge in [0, 0.05) is 6.54 Å². The van der Waals surface area contributed by atoms with E-state index in [1.807, 2.05) is 0 Å². The standard InChI is InChI=1S/C11H12FNO/c1-2-7-13-11(14)8-9-3-5-10(12)6-4-9/h2-6H,1,7-8H2,(H,13,14). The minimum absolute atomic E-state index is 0.0866. The van der Waals surface area contributed by atoms with E-state index >= 15 is 0 Å². The fraction of sp³-hybridized carbons (Fsp3) is 0.182. The number of halogens is 1. The maximum Gasteiger partial charge on any atom is 0.224 e. The second kappa shape index (κ2) is 5.17. The molecule has 0 heterocycles. The number of rotatable bonds is 4. The summed E-state index contributed by atoms with van der Waals surface area (Å²) >= 11 is 0. The molecule has 1 N–H and O–H groups in total. The van der Waals surface area contributed by atoms with E-state index in [2.05, 4.69) is 11.9 Å². The molecule has 0 saturated carbocycles. The third kappa shape index (κ3) is 3.39. The second-order valence-corrected chi connectivity index (χ2v) is 2.90. The summed E-state index contributed by atoms with van der Waals surface area (Å²) in [5, 5.41) is 2.64. The highest BCUT2D eigenvalue weighted by atomic mass is 19.1. The van der Waals surface area contributed by atoms with Gasteiger partial charge < -0.3 is 5.32 Å². The molecule has 14 heavy (non-hydrogen) atoms. The minimum atomic E-state index is -0.291. The highest BCUT2D eigenvalue weighted by molar-refractivity contribution is 5.78. The first kappa shape index (κ1) is 10.4. The Kier molecular flexibility index (Phi) is 3.85. The van der Waals surface area contributed by atoms with Crippen LogP contribution in [0.15, 0.2) is 36.9 Å². The Morgan fingerprint density at radius 2 is 2.07 bits per heavy atom. The topological polar surface area (TPSA) is 29.1 Å². The first-order chi connectivity index (χ1) is 6.72. The average molecular weight is 193 g/mol. The van der Waals surface area contributed by atoms with E-state index in [0.29, 0.717) is 6.54 Å². The van der Waals surface area contributed by atoms with Crippen LogP contribution >= 0.6 is 0 Å². The van der Waals surface area contributed by atoms with Crippen LogP contribution in [0.25, 0.3) is 0 Å². The van der Waals surface area contributed by atoms with Crippen molar-refractivity contribution in [2.24, 2.45) is 0 Å². The molecule has 1 rings (SSSR count). The van der Waals surface area contributed by atoms with Crippen LogP contribution in [0.2, 0.25) is 0 Å². The van der Waals surface area contributed by atoms with Gasteiger partial charge in [0.25, 0.3) is 0 Å². The van der Waals surface area contributed by atoms with Gasteiger partial charge in [-0.3, -0.25) is 4.79 Å². The molecule has 0 spiro atoms. The molecule has 74 valence electrons. The van der Waals surface area contributed by atoms with E-state index in [1.54, 1.807) is 18.2 Å². The molecule has 0 fully saturated rings. The molecule has 1 aromatic rings. The van der Waals surface area contributed by atoms with Gasteiger partial charge in [-0.25, -0.2) is 4.39 Å². The summed E-state index contributed by atoms with van der Waals surface area (Å²) in [6.07, 6.45) is 1.89. The van der Waals surface area contributed by atoms with Gasteiger partial charge in [-0.05, 0) is 17.7 Å². The van der Waals surface area contributed by atoms with Gasteiger partial charge in [-0.2, -0.15) is 0 Å². The van der Waals surface area contributed by atoms with Crippen LogP contribution in [0.5, 0.6) is 0 Å². The molecule has 0 unspecified atom stereocenters. The molecule has 0 aliphatic carbocycles. The predicted molar refractivity (Wildman–Crippen MR) is 53.3 cm³/mol. The molecule has 1 amide bonds. The van der Waals surface area contributed by atoms with Crippen molar-refractivity contribution in [2.45, 2.75) is 6.42 Å². The van der Waals surface area contributed by atoms with Crippen molar-refractivity contribution in [3.63, 3.8) is 0 Å². The van der Waals surface area contributed by atoms with Gasteiger partial charge in [-0.15, -0.1) is 6.58 Å². The van der Waals surface area contributed by atoms with Gasteiger partial charge in [0.1, 0.15) is 5.82 Å². The molecular formula is C11H12FNO. The van der Waals surface area contributed by atoms with Crippen molar-refractivity contribution >= 4 is 5.91 Å². The van der Waals surface area contributed by atoms with Crippen LogP contribution < -0.4 is 5.32 Å². The van der Waals surface area contributed by atoms with Crippen LogP contribution in [0.3, 0.4) is 0 Å². The molecular weight excluding hydrogens is 181 g/mol. The molecule has 0 atom stereocenters. The lowest BCUT2D eigenvalue weighted by Gasteiger charge is -2.01. The second-order valence-electron chi connectivity index (χ2n) is 2.90. The number of benzene rings is 1. The van der Waals surface area contributed by atoms with Crippen LogP contribution in [0.4, 0.5) is 4.39 Å². The van der Waals surface area contributed by atoms with Crippen LogP contribution in [0, 0.1) is 5.82 Å². The lowest BCUT2D eigenvalue weighted by Crippen LogP contribution is -2.24. The van der Waals surface area contributed by atoms with Crippen molar-refractivity contribution in [3.05, 3.63) is 48.3 Å². The Labute approximate surface area is 82.4 Å². The summed E-state index contributed by atoms with van der Waals surface area (Å²) in [6, 6.07) is 5.89. The van der Waals surface area contributed by atoms with Crippen molar-refractivity contribution < 1.29 is 9.18 Å². The number of carbonyl (C=O) groups excluding carboxylic acids is 1. The van der Waals surface area contributed by atoms with Crippen molar-refractivity contribution in [1.29, 1.82) is 0 Å². The SMILES string of the molecule is C=CCNC(=O)Cc1ccc(F)cc1. The largest absolute Gasteiger partial charge is 0.352 e. The highest BCUT2D eigenvalue weighted by Gasteiger charge is 2.01. The third-order valence-electron chi connectivity index (χ3n) is 1.72. The summed E-state index contributed by atoms with van der Waals surface area (Å²) in [5.74, 6) is -0.378. The van der Waals surface area contributed by atoms with Crippen molar-refractivity contribution in [1.82, 2.24) is 5.32 Å². The first-order valence-electron chi connectivity index (χ1n) is 4.34. The molecule has 0 aromatic heterocycles. The van der Waals surface area contributed by atoms with E-state index < -0.39 is 0 Å². The van der Waals surface area contributed by atoms with Crippen LogP contribution in [-0.2, 0) is 11.2 Å². The highest BCUT2D eigenvalue weighted by Crippen LogP contribution is 2.03. The average Bonchev–Trinajstić information content (AvgIpc) is 2.18. The minimum Gasteiger partial charge on any atom is -0.352 e. The van der Waals surface area contributed by atoms with E-state index in [4.69, 9.17) is 0 Å². The lowest BCUT2D eigenvalue weighted by molar-refractivity contribution is -0.120. The Morgan fingerprint density at radius 3 is 2.64 bits per heavy atom. The molecule has 0 aliphatic rings. The Bertz CT molecular complexity index is 319. The molecule has 0 radical (unpaired) electrons. The summed E-state index contributed by atoms with van der Waals surface area (Å²) in [4.78, 5) is 11.2. The lowest BCUT2D eigenvalue weighted by atomic mass is 10.1. The number of hydrogen-bond acceptors (Lipinski definition) is 1. The van der Waals surface area contributed by atoms with Crippen LogP contribution in [0.1, 0.15) is 5.56 Å². The van der Waals surface area contributed by atoms with E-state index in [9.17, 15) is 9.18 Å². The third-order valence-corrected chi connectivity index (χ3v) is 1.72. The zero-order valence-electron chi connectivity index (χ0n) is 7.79. The van der Waals surface area contributed by atoms with Gasteiger partial charge in [0.05, 0.1) is 6.42 Å². The molecule has 3 heteroatoms. The molecule has 0 bridgehead atoms. The van der Waals surface area contributed by atoms with E-state index in [-0.39, 0.29) is 18.1 Å². The van der Waals surface area contributed by atoms with Crippen molar-refractivity contribution in [3.8, 4) is 0 Å². The maximum atomic E-state index is 12.5. The van der Waals surface area contributed by atoms with Gasteiger partial charge in [0.15, 0.2) is 0 Å². The smallest absolute Gasteiger partial charge is 0.224 e. The predicted octanol–water partition coefficient (Wildman–Crippen LogP) is 1.67. The van der Waals surface area contributed by atoms with Crippen molar-refractivity contribution in [2.75, 3.05) is 6.54 Å². The summed E-state index contributed by atoms with van der Waals surface area (Å²) in [6.45, 7) is 3.95. The Hall–Kier alpha value is -1.64. The summed E-state index contributed by atoms with van der Waals surface area (Å²) in [7, 11) is 0. The van der Waals surface area contributed by atoms with Gasteiger partial charge in [-0.1, -0.05) is 18.2 Å². The van der Waals surface area contributed by atoms with E-state index in [1.165, 1.54) is 12.1 Å². The first-order valence-corrected chi connectivity index (χ1v) is 4.34. The quantitative estimate of drug-likeness (QED) is 0.724. The normalized spacial score (nSPS) is 9.50. The Morgan fingerprint density at radius 1 is 1.43 bits per heavy atom. The Balaban J connectivity index is 2.47. The fourth-order valence-electron chi connectivity index (χ4n) is 1.04. The van der Waals surface area contributed by atoms with E-state index in [0.717, 1.165) is 5.56 Å². The number of nitrogens with one attached hydrogen (secondary N) is 1. The summed E-state index contributed by atoms with van der Waals surface area (Å²) in [5.41, 5.74) is 0.799. The zero-order valence-corrected chi connectivity index (χ0v) is 7.79. The number of hydrogen-bond donors (Lipinski definition) is 1. The van der Waals surface area contributed by atoms with Gasteiger partial charge in [0.2, 0.25) is 5.91 Å². The zero-order chi connectivity index (χ0) is 10.4. The van der Waals surface area contributed by atoms with Crippen LogP contribution in [-0.4, -0.2) is 12.5 Å².